The maximum atomic E-state index is 13.2. The van der Waals surface area contributed by atoms with E-state index >= 15 is 0 Å². The number of anilines is 3. The average molecular weight is 559 g/mol. The van der Waals surface area contributed by atoms with E-state index < -0.39 is 17.8 Å². The number of carbonyl (C=O) groups is 2. The fourth-order valence-electron chi connectivity index (χ4n) is 4.60. The number of nitrogens with zero attached hydrogens (tertiary/aromatic N) is 2. The fraction of sp³-hybridized carbons (Fsp3) is 0.286. The van der Waals surface area contributed by atoms with Gasteiger partial charge < -0.3 is 20.4 Å². The van der Waals surface area contributed by atoms with Crippen LogP contribution in [0.1, 0.15) is 21.5 Å². The van der Waals surface area contributed by atoms with E-state index in [1.165, 1.54) is 18.2 Å². The number of hydrogen-bond acceptors (Lipinski definition) is 5. The Hall–Kier alpha value is -3.73. The van der Waals surface area contributed by atoms with E-state index in [1.54, 1.807) is 53.1 Å². The summed E-state index contributed by atoms with van der Waals surface area (Å²) in [5.74, 6) is 0.470. The third kappa shape index (κ3) is 6.30. The van der Waals surface area contributed by atoms with Crippen LogP contribution in [-0.2, 0) is 16.7 Å². The minimum absolute atomic E-state index is 0.201. The summed E-state index contributed by atoms with van der Waals surface area (Å²) in [5.41, 5.74) is 2.41. The van der Waals surface area contributed by atoms with Crippen LogP contribution in [0.25, 0.3) is 0 Å². The average Bonchev–Trinajstić information content (AvgIpc) is 2.93. The van der Waals surface area contributed by atoms with Gasteiger partial charge >= 0.3 is 6.18 Å². The zero-order chi connectivity index (χ0) is 27.6. The number of hydrogen-bond donors (Lipinski definition) is 2. The second-order valence-corrected chi connectivity index (χ2v) is 10.4. The highest BCUT2D eigenvalue weighted by Crippen LogP contribution is 2.33. The van der Waals surface area contributed by atoms with Crippen molar-refractivity contribution in [1.82, 2.24) is 4.90 Å². The van der Waals surface area contributed by atoms with Gasteiger partial charge in [-0.3, -0.25) is 9.59 Å². The van der Waals surface area contributed by atoms with E-state index in [4.69, 9.17) is 0 Å². The molecule has 0 saturated carbocycles. The zero-order valence-corrected chi connectivity index (χ0v) is 21.6. The molecule has 0 radical (unpaired) electrons. The molecule has 3 aromatic carbocycles. The Morgan fingerprint density at radius 1 is 0.949 bits per heavy atom. The molecule has 2 N–H and O–H groups in total. The van der Waals surface area contributed by atoms with Crippen molar-refractivity contribution in [2.75, 3.05) is 47.5 Å². The standard InChI is InChI=1S/C28H26F4N4O2S/c29-21-7-4-18(5-8-21)16-39-17-25-26(37)34-24-14-19(6-9-23(24)33-25)27(38)36-12-10-35(11-13-36)22-3-1-2-20(15-22)28(30,31)32/h1-9,14-15,25,33H,10-13,16-17H2,(H,34,37). The molecule has 3 aromatic rings. The Morgan fingerprint density at radius 3 is 2.41 bits per heavy atom. The molecule has 2 amide bonds. The maximum absolute atomic E-state index is 13.2. The molecule has 6 nitrogen and oxygen atoms in total. The van der Waals surface area contributed by atoms with Crippen LogP contribution >= 0.6 is 11.8 Å². The van der Waals surface area contributed by atoms with Crippen LogP contribution in [0, 0.1) is 5.82 Å². The summed E-state index contributed by atoms with van der Waals surface area (Å²) >= 11 is 1.56. The van der Waals surface area contributed by atoms with Crippen LogP contribution in [0.5, 0.6) is 0 Å². The first-order chi connectivity index (χ1) is 18.7. The van der Waals surface area contributed by atoms with Crippen molar-refractivity contribution >= 4 is 40.6 Å². The highest BCUT2D eigenvalue weighted by Gasteiger charge is 2.32. The van der Waals surface area contributed by atoms with Crippen molar-refractivity contribution in [3.05, 3.63) is 89.2 Å². The minimum atomic E-state index is -4.41. The van der Waals surface area contributed by atoms with Gasteiger partial charge in [-0.1, -0.05) is 18.2 Å². The van der Waals surface area contributed by atoms with Crippen molar-refractivity contribution in [3.8, 4) is 0 Å². The molecular formula is C28H26F4N4O2S. The van der Waals surface area contributed by atoms with E-state index in [9.17, 15) is 27.2 Å². The van der Waals surface area contributed by atoms with Crippen LogP contribution in [0.2, 0.25) is 0 Å². The highest BCUT2D eigenvalue weighted by atomic mass is 32.2. The number of alkyl halides is 3. The third-order valence-electron chi connectivity index (χ3n) is 6.74. The topological polar surface area (TPSA) is 64.7 Å². The molecule has 2 aliphatic rings. The van der Waals surface area contributed by atoms with E-state index in [1.807, 2.05) is 4.90 Å². The Kier molecular flexibility index (Phi) is 7.69. The second-order valence-electron chi connectivity index (χ2n) is 9.42. The van der Waals surface area contributed by atoms with E-state index in [0.717, 1.165) is 17.7 Å². The molecular weight excluding hydrogens is 532 g/mol. The molecule has 1 fully saturated rings. The monoisotopic (exact) mass is 558 g/mol. The Balaban J connectivity index is 1.16. The van der Waals surface area contributed by atoms with Crippen LogP contribution in [0.15, 0.2) is 66.7 Å². The molecule has 39 heavy (non-hydrogen) atoms. The maximum Gasteiger partial charge on any atom is 0.416 e. The van der Waals surface area contributed by atoms with Crippen LogP contribution in [0.4, 0.5) is 34.6 Å². The number of nitrogens with one attached hydrogen (secondary N) is 2. The van der Waals surface area contributed by atoms with Crippen LogP contribution in [-0.4, -0.2) is 54.7 Å². The lowest BCUT2D eigenvalue weighted by Gasteiger charge is -2.36. The zero-order valence-electron chi connectivity index (χ0n) is 20.8. The SMILES string of the molecule is O=C1Nc2cc(C(=O)N3CCN(c4cccc(C(F)(F)F)c4)CC3)ccc2NC1CSCc1ccc(F)cc1. The van der Waals surface area contributed by atoms with Crippen molar-refractivity contribution in [1.29, 1.82) is 0 Å². The number of amides is 2. The van der Waals surface area contributed by atoms with Gasteiger partial charge in [-0.2, -0.15) is 24.9 Å². The normalized spacial score (nSPS) is 17.3. The lowest BCUT2D eigenvalue weighted by molar-refractivity contribution is -0.137. The third-order valence-corrected chi connectivity index (χ3v) is 7.85. The summed E-state index contributed by atoms with van der Waals surface area (Å²) in [7, 11) is 0. The number of rotatable bonds is 6. The highest BCUT2D eigenvalue weighted by molar-refractivity contribution is 7.98. The fourth-order valence-corrected chi connectivity index (χ4v) is 5.62. The van der Waals surface area contributed by atoms with E-state index in [-0.39, 0.29) is 17.6 Å². The predicted octanol–water partition coefficient (Wildman–Crippen LogP) is 5.47. The summed E-state index contributed by atoms with van der Waals surface area (Å²) in [6, 6.07) is 16.1. The molecule has 0 spiro atoms. The number of benzene rings is 3. The lowest BCUT2D eigenvalue weighted by atomic mass is 10.1. The van der Waals surface area contributed by atoms with Crippen molar-refractivity contribution in [2.24, 2.45) is 0 Å². The van der Waals surface area contributed by atoms with E-state index in [2.05, 4.69) is 10.6 Å². The number of carbonyl (C=O) groups excluding carboxylic acids is 2. The second kappa shape index (κ2) is 11.2. The van der Waals surface area contributed by atoms with Gasteiger partial charge in [-0.05, 0) is 54.1 Å². The molecule has 2 aliphatic heterocycles. The summed E-state index contributed by atoms with van der Waals surface area (Å²) < 4.78 is 52.3. The van der Waals surface area contributed by atoms with Gasteiger partial charge in [0.2, 0.25) is 5.91 Å². The molecule has 1 saturated heterocycles. The summed E-state index contributed by atoms with van der Waals surface area (Å²) in [5, 5.41) is 6.10. The van der Waals surface area contributed by atoms with Gasteiger partial charge in [0.1, 0.15) is 11.9 Å². The lowest BCUT2D eigenvalue weighted by Crippen LogP contribution is -2.49. The molecule has 11 heteroatoms. The summed E-state index contributed by atoms with van der Waals surface area (Å²) in [4.78, 5) is 29.3. The molecule has 2 heterocycles. The Morgan fingerprint density at radius 2 is 1.69 bits per heavy atom. The Bertz CT molecular complexity index is 1360. The van der Waals surface area contributed by atoms with Gasteiger partial charge in [0.25, 0.3) is 5.91 Å². The van der Waals surface area contributed by atoms with Crippen LogP contribution < -0.4 is 15.5 Å². The summed E-state index contributed by atoms with van der Waals surface area (Å²) in [6.45, 7) is 1.55. The number of fused-ring (bicyclic) bond motifs is 1. The molecule has 1 atom stereocenters. The molecule has 0 bridgehead atoms. The van der Waals surface area contributed by atoms with Gasteiger partial charge in [0.05, 0.1) is 16.9 Å². The molecule has 204 valence electrons. The van der Waals surface area contributed by atoms with Crippen molar-refractivity contribution < 1.29 is 27.2 Å². The molecule has 1 unspecified atom stereocenters. The number of thioether (sulfide) groups is 1. The first-order valence-corrected chi connectivity index (χ1v) is 13.6. The Labute approximate surface area is 227 Å². The largest absolute Gasteiger partial charge is 0.416 e. The van der Waals surface area contributed by atoms with Crippen molar-refractivity contribution in [3.63, 3.8) is 0 Å². The van der Waals surface area contributed by atoms with Crippen LogP contribution in [0.3, 0.4) is 0 Å². The quantitative estimate of drug-likeness (QED) is 0.393. The predicted molar refractivity (Wildman–Crippen MR) is 145 cm³/mol. The first-order valence-electron chi connectivity index (χ1n) is 12.4. The van der Waals surface area contributed by atoms with Crippen molar-refractivity contribution in [2.45, 2.75) is 18.0 Å². The minimum Gasteiger partial charge on any atom is -0.371 e. The summed E-state index contributed by atoms with van der Waals surface area (Å²) in [6.07, 6.45) is -4.41. The molecule has 0 aliphatic carbocycles. The van der Waals surface area contributed by atoms with Gasteiger partial charge in [-0.15, -0.1) is 0 Å². The van der Waals surface area contributed by atoms with Gasteiger partial charge in [0, 0.05) is 48.9 Å². The van der Waals surface area contributed by atoms with Gasteiger partial charge in [-0.25, -0.2) is 4.39 Å². The first kappa shape index (κ1) is 26.9. The smallest absolute Gasteiger partial charge is 0.371 e. The molecule has 0 aromatic heterocycles. The molecule has 5 rings (SSSR count). The van der Waals surface area contributed by atoms with Gasteiger partial charge in [0.15, 0.2) is 0 Å². The number of halogens is 4. The number of piperazine rings is 1. The van der Waals surface area contributed by atoms with E-state index in [0.29, 0.717) is 60.3 Å².